The smallest absolute Gasteiger partial charge is 0.126 e. The van der Waals surface area contributed by atoms with Crippen molar-refractivity contribution >= 4 is 11.6 Å². The molecule has 1 aromatic heterocycles. The van der Waals surface area contributed by atoms with E-state index in [1.807, 2.05) is 19.1 Å². The molecule has 1 atom stereocenters. The number of hydrogen-bond acceptors (Lipinski definition) is 2. The van der Waals surface area contributed by atoms with Gasteiger partial charge in [-0.1, -0.05) is 18.5 Å². The standard InChI is InChI=1S/C14H15ClFNO/c1-2-17-13(14-4-3-7-18-14)9-10-8-11(15)5-6-12(10)16/h3-8,13,17H,2,9H2,1H3. The molecule has 4 heteroatoms. The maximum atomic E-state index is 13.7. The highest BCUT2D eigenvalue weighted by molar-refractivity contribution is 6.30. The minimum absolute atomic E-state index is 0.0435. The first-order chi connectivity index (χ1) is 8.70. The normalized spacial score (nSPS) is 12.6. The van der Waals surface area contributed by atoms with Gasteiger partial charge >= 0.3 is 0 Å². The molecular formula is C14H15ClFNO. The summed E-state index contributed by atoms with van der Waals surface area (Å²) in [5.41, 5.74) is 0.588. The molecule has 1 N–H and O–H groups in total. The van der Waals surface area contributed by atoms with E-state index >= 15 is 0 Å². The third-order valence-electron chi connectivity index (χ3n) is 2.77. The minimum Gasteiger partial charge on any atom is -0.468 e. The third-order valence-corrected chi connectivity index (χ3v) is 3.00. The van der Waals surface area contributed by atoms with Gasteiger partial charge < -0.3 is 9.73 Å². The van der Waals surface area contributed by atoms with Crippen LogP contribution in [0.2, 0.25) is 5.02 Å². The fourth-order valence-electron chi connectivity index (χ4n) is 1.93. The van der Waals surface area contributed by atoms with E-state index < -0.39 is 0 Å². The van der Waals surface area contributed by atoms with Crippen molar-refractivity contribution in [1.82, 2.24) is 5.32 Å². The molecule has 2 aromatic rings. The summed E-state index contributed by atoms with van der Waals surface area (Å²) in [5, 5.41) is 3.82. The van der Waals surface area contributed by atoms with Crippen molar-refractivity contribution in [3.8, 4) is 0 Å². The molecule has 0 radical (unpaired) electrons. The van der Waals surface area contributed by atoms with Crippen molar-refractivity contribution in [2.24, 2.45) is 0 Å². The number of halogens is 2. The Morgan fingerprint density at radius 3 is 2.89 bits per heavy atom. The van der Waals surface area contributed by atoms with Gasteiger partial charge in [0, 0.05) is 5.02 Å². The Morgan fingerprint density at radius 2 is 2.22 bits per heavy atom. The molecule has 1 heterocycles. The summed E-state index contributed by atoms with van der Waals surface area (Å²) in [6.45, 7) is 2.79. The topological polar surface area (TPSA) is 25.2 Å². The van der Waals surface area contributed by atoms with Gasteiger partial charge in [0.1, 0.15) is 11.6 Å². The average molecular weight is 268 g/mol. The van der Waals surface area contributed by atoms with Gasteiger partial charge in [0.2, 0.25) is 0 Å². The van der Waals surface area contributed by atoms with Crippen LogP contribution in [0.25, 0.3) is 0 Å². The molecule has 0 saturated carbocycles. The zero-order valence-corrected chi connectivity index (χ0v) is 10.9. The van der Waals surface area contributed by atoms with E-state index in [-0.39, 0.29) is 11.9 Å². The Morgan fingerprint density at radius 1 is 1.39 bits per heavy atom. The van der Waals surface area contributed by atoms with Gasteiger partial charge in [-0.2, -0.15) is 0 Å². The number of rotatable bonds is 5. The van der Waals surface area contributed by atoms with Gasteiger partial charge in [-0.15, -0.1) is 0 Å². The highest BCUT2D eigenvalue weighted by atomic mass is 35.5. The van der Waals surface area contributed by atoms with Crippen molar-refractivity contribution in [3.05, 3.63) is 58.8 Å². The average Bonchev–Trinajstić information content (AvgIpc) is 2.87. The Hall–Kier alpha value is -1.32. The van der Waals surface area contributed by atoms with Crippen LogP contribution in [-0.2, 0) is 6.42 Å². The lowest BCUT2D eigenvalue weighted by Gasteiger charge is -2.16. The van der Waals surface area contributed by atoms with Crippen LogP contribution in [0, 0.1) is 5.82 Å². The lowest BCUT2D eigenvalue weighted by atomic mass is 10.0. The number of nitrogens with one attached hydrogen (secondary N) is 1. The zero-order chi connectivity index (χ0) is 13.0. The number of likely N-dealkylation sites (N-methyl/N-ethyl adjacent to an activating group) is 1. The Kier molecular flexibility index (Phi) is 4.39. The molecule has 0 aliphatic carbocycles. The molecule has 1 unspecified atom stereocenters. The number of furan rings is 1. The predicted octanol–water partition coefficient (Wildman–Crippen LogP) is 3.97. The van der Waals surface area contributed by atoms with E-state index in [0.717, 1.165) is 12.3 Å². The predicted molar refractivity (Wildman–Crippen MR) is 70.2 cm³/mol. The lowest BCUT2D eigenvalue weighted by Crippen LogP contribution is -2.22. The van der Waals surface area contributed by atoms with E-state index in [0.29, 0.717) is 17.0 Å². The Labute approximate surface area is 111 Å². The Bertz CT molecular complexity index is 499. The fraction of sp³-hybridized carbons (Fsp3) is 0.286. The van der Waals surface area contributed by atoms with Crippen LogP contribution in [0.4, 0.5) is 4.39 Å². The number of hydrogen-bond donors (Lipinski definition) is 1. The first-order valence-electron chi connectivity index (χ1n) is 5.91. The summed E-state index contributed by atoms with van der Waals surface area (Å²) in [6, 6.07) is 8.27. The van der Waals surface area contributed by atoms with Crippen molar-refractivity contribution in [1.29, 1.82) is 0 Å². The van der Waals surface area contributed by atoms with Gasteiger partial charge in [-0.3, -0.25) is 0 Å². The van der Waals surface area contributed by atoms with Gasteiger partial charge in [0.05, 0.1) is 12.3 Å². The molecule has 0 spiro atoms. The molecule has 0 saturated heterocycles. The van der Waals surface area contributed by atoms with Gasteiger partial charge in [-0.25, -0.2) is 4.39 Å². The van der Waals surface area contributed by atoms with Crippen LogP contribution < -0.4 is 5.32 Å². The van der Waals surface area contributed by atoms with E-state index in [9.17, 15) is 4.39 Å². The van der Waals surface area contributed by atoms with Crippen LogP contribution >= 0.6 is 11.6 Å². The highest BCUT2D eigenvalue weighted by Gasteiger charge is 2.16. The zero-order valence-electron chi connectivity index (χ0n) is 10.1. The largest absolute Gasteiger partial charge is 0.468 e. The van der Waals surface area contributed by atoms with E-state index in [2.05, 4.69) is 5.32 Å². The van der Waals surface area contributed by atoms with Gasteiger partial charge in [-0.05, 0) is 48.9 Å². The van der Waals surface area contributed by atoms with E-state index in [1.165, 1.54) is 6.07 Å². The summed E-state index contributed by atoms with van der Waals surface area (Å²) in [5.74, 6) is 0.560. The van der Waals surface area contributed by atoms with Crippen LogP contribution in [-0.4, -0.2) is 6.54 Å². The van der Waals surface area contributed by atoms with Crippen LogP contribution in [0.1, 0.15) is 24.3 Å². The third kappa shape index (κ3) is 3.12. The summed E-state index contributed by atoms with van der Waals surface area (Å²) in [4.78, 5) is 0. The van der Waals surface area contributed by atoms with Crippen molar-refractivity contribution in [2.75, 3.05) is 6.54 Å². The summed E-state index contributed by atoms with van der Waals surface area (Å²) in [6.07, 6.45) is 2.13. The van der Waals surface area contributed by atoms with Gasteiger partial charge in [0.25, 0.3) is 0 Å². The van der Waals surface area contributed by atoms with E-state index in [1.54, 1.807) is 18.4 Å². The van der Waals surface area contributed by atoms with Gasteiger partial charge in [0.15, 0.2) is 0 Å². The molecular weight excluding hydrogens is 253 g/mol. The monoisotopic (exact) mass is 267 g/mol. The summed E-state index contributed by atoms with van der Waals surface area (Å²) in [7, 11) is 0. The Balaban J connectivity index is 2.21. The molecule has 1 aromatic carbocycles. The lowest BCUT2D eigenvalue weighted by molar-refractivity contribution is 0.412. The summed E-state index contributed by atoms with van der Waals surface area (Å²) >= 11 is 5.89. The second kappa shape index (κ2) is 6.03. The number of benzene rings is 1. The van der Waals surface area contributed by atoms with Crippen molar-refractivity contribution in [3.63, 3.8) is 0 Å². The quantitative estimate of drug-likeness (QED) is 0.887. The van der Waals surface area contributed by atoms with Crippen molar-refractivity contribution < 1.29 is 8.81 Å². The first kappa shape index (κ1) is 13.1. The molecule has 0 bridgehead atoms. The molecule has 0 fully saturated rings. The second-order valence-corrected chi connectivity index (χ2v) is 4.50. The molecule has 96 valence electrons. The molecule has 18 heavy (non-hydrogen) atoms. The molecule has 2 nitrogen and oxygen atoms in total. The maximum Gasteiger partial charge on any atom is 0.126 e. The molecule has 0 aliphatic heterocycles. The molecule has 0 amide bonds. The molecule has 0 aliphatic rings. The van der Waals surface area contributed by atoms with E-state index in [4.69, 9.17) is 16.0 Å². The fourth-order valence-corrected chi connectivity index (χ4v) is 2.12. The minimum atomic E-state index is -0.242. The SMILES string of the molecule is CCNC(Cc1cc(Cl)ccc1F)c1ccco1. The second-order valence-electron chi connectivity index (χ2n) is 4.07. The summed E-state index contributed by atoms with van der Waals surface area (Å²) < 4.78 is 19.1. The van der Waals surface area contributed by atoms with Crippen LogP contribution in [0.15, 0.2) is 41.0 Å². The highest BCUT2D eigenvalue weighted by Crippen LogP contribution is 2.23. The van der Waals surface area contributed by atoms with Crippen LogP contribution in [0.5, 0.6) is 0 Å². The van der Waals surface area contributed by atoms with Crippen molar-refractivity contribution in [2.45, 2.75) is 19.4 Å². The first-order valence-corrected chi connectivity index (χ1v) is 6.29. The van der Waals surface area contributed by atoms with Crippen LogP contribution in [0.3, 0.4) is 0 Å². The maximum absolute atomic E-state index is 13.7. The molecule has 2 rings (SSSR count).